The number of aliphatic imine (C=N–C) groups is 1. The summed E-state index contributed by atoms with van der Waals surface area (Å²) in [4.78, 5) is 28.9. The Kier molecular flexibility index (Phi) is 5.62. The minimum Gasteiger partial charge on any atom is -0.481 e. The summed E-state index contributed by atoms with van der Waals surface area (Å²) in [6, 6.07) is 5.57. The average Bonchev–Trinajstić information content (AvgIpc) is 3.01. The molecule has 7 nitrogen and oxygen atoms in total. The van der Waals surface area contributed by atoms with Crippen molar-refractivity contribution in [3.63, 3.8) is 0 Å². The maximum absolute atomic E-state index is 12.2. The average molecular weight is 411 g/mol. The van der Waals surface area contributed by atoms with E-state index in [1.807, 2.05) is 36.9 Å². The Morgan fingerprint density at radius 2 is 2.00 bits per heavy atom. The molecular formula is C18H22N2O5S2. The number of aliphatic carboxylic acids is 1. The van der Waals surface area contributed by atoms with Gasteiger partial charge in [-0.15, -0.1) is 0 Å². The first-order valence-electron chi connectivity index (χ1n) is 8.74. The minimum absolute atomic E-state index is 0.0459. The molecule has 1 N–H and O–H groups in total. The molecule has 0 bridgehead atoms. The Morgan fingerprint density at radius 1 is 1.26 bits per heavy atom. The maximum Gasteiger partial charge on any atom is 0.303 e. The molecule has 0 radical (unpaired) electrons. The van der Waals surface area contributed by atoms with Gasteiger partial charge in [-0.3, -0.25) is 9.59 Å². The first-order chi connectivity index (χ1) is 12.7. The highest BCUT2D eigenvalue weighted by Crippen LogP contribution is 2.42. The van der Waals surface area contributed by atoms with E-state index in [0.29, 0.717) is 5.17 Å². The van der Waals surface area contributed by atoms with Crippen LogP contribution in [0.15, 0.2) is 23.2 Å². The number of carbonyl (C=O) groups excluding carboxylic acids is 1. The van der Waals surface area contributed by atoms with Crippen molar-refractivity contribution in [3.05, 3.63) is 29.3 Å². The highest BCUT2D eigenvalue weighted by Gasteiger charge is 2.49. The predicted molar refractivity (Wildman–Crippen MR) is 106 cm³/mol. The molecule has 1 aromatic rings. The SMILES string of the molecule is Cc1cccc(N2C(=NC(=O)CCCC(=O)O)S[C@H]3CS(=O)(=O)C[C@H]32)c1C. The topological polar surface area (TPSA) is 104 Å². The van der Waals surface area contributed by atoms with E-state index in [1.165, 1.54) is 11.8 Å². The van der Waals surface area contributed by atoms with Gasteiger partial charge in [-0.25, -0.2) is 8.42 Å². The molecule has 146 valence electrons. The zero-order chi connectivity index (χ0) is 19.8. The molecule has 9 heteroatoms. The number of rotatable bonds is 5. The smallest absolute Gasteiger partial charge is 0.303 e. The van der Waals surface area contributed by atoms with Gasteiger partial charge in [0.15, 0.2) is 15.0 Å². The largest absolute Gasteiger partial charge is 0.481 e. The molecule has 27 heavy (non-hydrogen) atoms. The number of hydrogen-bond donors (Lipinski definition) is 1. The Labute approximate surface area is 162 Å². The molecule has 1 aromatic carbocycles. The molecule has 2 atom stereocenters. The molecule has 0 unspecified atom stereocenters. The molecule has 2 saturated heterocycles. The number of carboxylic acids is 1. The second-order valence-electron chi connectivity index (χ2n) is 6.93. The number of aryl methyl sites for hydroxylation is 1. The van der Waals surface area contributed by atoms with Crippen LogP contribution in [0.1, 0.15) is 30.4 Å². The molecule has 2 aliphatic rings. The van der Waals surface area contributed by atoms with E-state index in [2.05, 4.69) is 4.99 Å². The van der Waals surface area contributed by atoms with Crippen molar-refractivity contribution >= 4 is 44.3 Å². The quantitative estimate of drug-likeness (QED) is 0.793. The number of carboxylic acid groups (broad SMARTS) is 1. The van der Waals surface area contributed by atoms with Crippen LogP contribution in [-0.4, -0.2) is 53.4 Å². The van der Waals surface area contributed by atoms with Crippen LogP contribution >= 0.6 is 11.8 Å². The third kappa shape index (κ3) is 4.35. The van der Waals surface area contributed by atoms with Crippen molar-refractivity contribution < 1.29 is 23.1 Å². The number of amidine groups is 1. The number of benzene rings is 1. The number of nitrogens with zero attached hydrogens (tertiary/aromatic N) is 2. The van der Waals surface area contributed by atoms with Crippen LogP contribution in [0, 0.1) is 13.8 Å². The van der Waals surface area contributed by atoms with E-state index in [9.17, 15) is 18.0 Å². The van der Waals surface area contributed by atoms with E-state index in [1.54, 1.807) is 0 Å². The first-order valence-corrected chi connectivity index (χ1v) is 11.4. The number of carbonyl (C=O) groups is 2. The molecule has 2 fully saturated rings. The lowest BCUT2D eigenvalue weighted by atomic mass is 10.1. The van der Waals surface area contributed by atoms with Gasteiger partial charge < -0.3 is 10.0 Å². The van der Waals surface area contributed by atoms with E-state index in [4.69, 9.17) is 5.11 Å². The van der Waals surface area contributed by atoms with Gasteiger partial charge in [-0.1, -0.05) is 23.9 Å². The fraction of sp³-hybridized carbons (Fsp3) is 0.500. The number of sulfone groups is 1. The van der Waals surface area contributed by atoms with E-state index in [-0.39, 0.29) is 48.0 Å². The van der Waals surface area contributed by atoms with Crippen LogP contribution in [0.3, 0.4) is 0 Å². The zero-order valence-electron chi connectivity index (χ0n) is 15.2. The number of hydrogen-bond acceptors (Lipinski definition) is 5. The number of anilines is 1. The Balaban J connectivity index is 1.91. The Hall–Kier alpha value is -1.87. The molecule has 2 heterocycles. The standard InChI is InChI=1S/C18H22N2O5S2/c1-11-5-3-6-13(12(11)2)20-14-9-27(24,25)10-15(14)26-18(20)19-16(21)7-4-8-17(22)23/h3,5-6,14-15H,4,7-10H2,1-2H3,(H,22,23)/t14-,15+/m1/s1. The molecule has 0 spiro atoms. The van der Waals surface area contributed by atoms with Gasteiger partial charge in [0.25, 0.3) is 0 Å². The van der Waals surface area contributed by atoms with Gasteiger partial charge in [-0.2, -0.15) is 4.99 Å². The molecule has 0 saturated carbocycles. The van der Waals surface area contributed by atoms with Crippen molar-refractivity contribution in [1.82, 2.24) is 0 Å². The normalized spacial score (nSPS) is 25.0. The van der Waals surface area contributed by atoms with Crippen molar-refractivity contribution in [2.75, 3.05) is 16.4 Å². The minimum atomic E-state index is -3.11. The highest BCUT2D eigenvalue weighted by molar-refractivity contribution is 8.16. The summed E-state index contributed by atoms with van der Waals surface area (Å²) in [7, 11) is -3.11. The van der Waals surface area contributed by atoms with Crippen molar-refractivity contribution in [3.8, 4) is 0 Å². The lowest BCUT2D eigenvalue weighted by molar-refractivity contribution is -0.137. The van der Waals surface area contributed by atoms with Crippen LogP contribution < -0.4 is 4.90 Å². The van der Waals surface area contributed by atoms with Crippen molar-refractivity contribution in [2.45, 2.75) is 44.4 Å². The Morgan fingerprint density at radius 3 is 2.70 bits per heavy atom. The van der Waals surface area contributed by atoms with Crippen LogP contribution in [0.4, 0.5) is 5.69 Å². The third-order valence-electron chi connectivity index (χ3n) is 4.90. The van der Waals surface area contributed by atoms with Crippen LogP contribution in [0.25, 0.3) is 0 Å². The summed E-state index contributed by atoms with van der Waals surface area (Å²) in [6.07, 6.45) is 0.221. The first kappa shape index (κ1) is 19.9. The monoisotopic (exact) mass is 410 g/mol. The summed E-state index contributed by atoms with van der Waals surface area (Å²) >= 11 is 1.33. The van der Waals surface area contributed by atoms with E-state index < -0.39 is 15.8 Å². The molecule has 2 aliphatic heterocycles. The van der Waals surface area contributed by atoms with Gasteiger partial charge in [0.2, 0.25) is 5.91 Å². The molecule has 3 rings (SSSR count). The fourth-order valence-corrected chi connectivity index (χ4v) is 7.32. The fourth-order valence-electron chi connectivity index (χ4n) is 3.40. The van der Waals surface area contributed by atoms with Gasteiger partial charge in [0.05, 0.1) is 17.5 Å². The van der Waals surface area contributed by atoms with E-state index >= 15 is 0 Å². The summed E-state index contributed by atoms with van der Waals surface area (Å²) in [5.41, 5.74) is 2.96. The van der Waals surface area contributed by atoms with Crippen molar-refractivity contribution in [2.24, 2.45) is 4.99 Å². The zero-order valence-corrected chi connectivity index (χ0v) is 16.8. The summed E-state index contributed by atoms with van der Waals surface area (Å²) in [6.45, 7) is 3.96. The van der Waals surface area contributed by atoms with Crippen LogP contribution in [-0.2, 0) is 19.4 Å². The molecule has 0 aromatic heterocycles. The third-order valence-corrected chi connectivity index (χ3v) is 8.11. The summed E-state index contributed by atoms with van der Waals surface area (Å²) in [5.74, 6) is -1.19. The van der Waals surface area contributed by atoms with Gasteiger partial charge in [-0.05, 0) is 37.5 Å². The van der Waals surface area contributed by atoms with E-state index in [0.717, 1.165) is 16.8 Å². The summed E-state index contributed by atoms with van der Waals surface area (Å²) in [5, 5.41) is 9.06. The molecule has 1 amide bonds. The number of amides is 1. The number of fused-ring (bicyclic) bond motifs is 1. The maximum atomic E-state index is 12.2. The predicted octanol–water partition coefficient (Wildman–Crippen LogP) is 2.16. The highest BCUT2D eigenvalue weighted by atomic mass is 32.2. The second kappa shape index (κ2) is 7.63. The van der Waals surface area contributed by atoms with Gasteiger partial charge in [0, 0.05) is 23.8 Å². The lowest BCUT2D eigenvalue weighted by Crippen LogP contribution is -2.38. The van der Waals surface area contributed by atoms with Gasteiger partial charge in [0.1, 0.15) is 0 Å². The van der Waals surface area contributed by atoms with Gasteiger partial charge >= 0.3 is 5.97 Å². The lowest BCUT2D eigenvalue weighted by Gasteiger charge is -2.26. The Bertz CT molecular complexity index is 910. The van der Waals surface area contributed by atoms with Crippen LogP contribution in [0.2, 0.25) is 0 Å². The molecule has 0 aliphatic carbocycles. The second-order valence-corrected chi connectivity index (χ2v) is 10.3. The summed E-state index contributed by atoms with van der Waals surface area (Å²) < 4.78 is 24.2. The van der Waals surface area contributed by atoms with Crippen LogP contribution in [0.5, 0.6) is 0 Å². The number of thioether (sulfide) groups is 1. The molecular weight excluding hydrogens is 388 g/mol. The van der Waals surface area contributed by atoms with Crippen molar-refractivity contribution in [1.29, 1.82) is 0 Å².